The number of phenols is 1. The Morgan fingerprint density at radius 2 is 2.08 bits per heavy atom. The van der Waals surface area contributed by atoms with Crippen LogP contribution in [0.3, 0.4) is 0 Å². The molecule has 10 heteroatoms. The molecule has 3 heterocycles. The number of nitrogens with zero attached hydrogens (tertiary/aromatic N) is 5. The largest absolute Gasteiger partial charge is 0.507 e. The minimum Gasteiger partial charge on any atom is -0.507 e. The number of phenolic OH excluding ortho intramolecular Hbond substituents is 1. The topological polar surface area (TPSA) is 115 Å². The molecular weight excluding hydrogens is 340 g/mol. The molecule has 2 aliphatic rings. The van der Waals surface area contributed by atoms with Crippen LogP contribution in [0.2, 0.25) is 0 Å². The number of rotatable bonds is 4. The number of aromatic hydroxyl groups is 1. The van der Waals surface area contributed by atoms with Gasteiger partial charge in [0.15, 0.2) is 0 Å². The predicted molar refractivity (Wildman–Crippen MR) is 89.1 cm³/mol. The number of nitrogens with one attached hydrogen (secondary N) is 1. The minimum absolute atomic E-state index is 0.0961. The molecule has 26 heavy (non-hydrogen) atoms. The highest BCUT2D eigenvalue weighted by Gasteiger charge is 2.35. The van der Waals surface area contributed by atoms with Crippen LogP contribution in [-0.2, 0) is 9.47 Å². The lowest BCUT2D eigenvalue weighted by atomic mass is 10.1. The van der Waals surface area contributed by atoms with Gasteiger partial charge in [0.05, 0.1) is 49.8 Å². The average molecular weight is 360 g/mol. The zero-order valence-electron chi connectivity index (χ0n) is 14.1. The molecule has 2 atom stereocenters. The van der Waals surface area contributed by atoms with Gasteiger partial charge in [-0.3, -0.25) is 9.69 Å². The van der Waals surface area contributed by atoms with Gasteiger partial charge in [0.2, 0.25) is 0 Å². The molecule has 2 saturated heterocycles. The molecular formula is C16H20N6O4. The minimum atomic E-state index is -0.355. The number of hydrogen-bond donors (Lipinski definition) is 2. The number of tetrazole rings is 1. The van der Waals surface area contributed by atoms with Crippen molar-refractivity contribution in [3.05, 3.63) is 30.1 Å². The lowest BCUT2D eigenvalue weighted by molar-refractivity contribution is 0.0108. The van der Waals surface area contributed by atoms with Crippen molar-refractivity contribution in [1.29, 1.82) is 0 Å². The fraction of sp³-hybridized carbons (Fsp3) is 0.500. The van der Waals surface area contributed by atoms with E-state index < -0.39 is 0 Å². The first-order valence-electron chi connectivity index (χ1n) is 8.49. The van der Waals surface area contributed by atoms with Crippen molar-refractivity contribution in [3.63, 3.8) is 0 Å². The van der Waals surface area contributed by atoms with Gasteiger partial charge in [0.25, 0.3) is 5.91 Å². The number of aromatic nitrogens is 4. The van der Waals surface area contributed by atoms with Crippen molar-refractivity contribution < 1.29 is 19.4 Å². The maximum absolute atomic E-state index is 12.7. The highest BCUT2D eigenvalue weighted by Crippen LogP contribution is 2.22. The second kappa shape index (κ2) is 7.36. The summed E-state index contributed by atoms with van der Waals surface area (Å²) in [5, 5.41) is 24.1. The lowest BCUT2D eigenvalue weighted by Crippen LogP contribution is -2.54. The zero-order chi connectivity index (χ0) is 17.9. The van der Waals surface area contributed by atoms with Gasteiger partial charge in [-0.15, -0.1) is 5.10 Å². The number of carbonyl (C=O) groups is 1. The van der Waals surface area contributed by atoms with Gasteiger partial charge in [-0.2, -0.15) is 0 Å². The standard InChI is InChI=1S/C16H20N6O4/c23-15-2-1-11(22-10-17-19-20-22)7-12(15)16(24)18-13-8-26-9-14(13)21-3-5-25-6-4-21/h1-2,7,10,13-14,23H,3-6,8-9H2,(H,18,24)/t13-,14-/m0/s1. The molecule has 0 unspecified atom stereocenters. The number of carbonyl (C=O) groups excluding carboxylic acids is 1. The van der Waals surface area contributed by atoms with Gasteiger partial charge in [0, 0.05) is 13.1 Å². The fourth-order valence-electron chi connectivity index (χ4n) is 3.32. The van der Waals surface area contributed by atoms with Gasteiger partial charge in [-0.05, 0) is 28.6 Å². The van der Waals surface area contributed by atoms with Crippen LogP contribution in [0.15, 0.2) is 24.5 Å². The van der Waals surface area contributed by atoms with Crippen LogP contribution >= 0.6 is 0 Å². The van der Waals surface area contributed by atoms with E-state index in [1.165, 1.54) is 17.1 Å². The molecule has 1 amide bonds. The average Bonchev–Trinajstić information content (AvgIpc) is 3.35. The van der Waals surface area contributed by atoms with Crippen molar-refractivity contribution in [2.45, 2.75) is 12.1 Å². The number of hydrogen-bond acceptors (Lipinski definition) is 8. The van der Waals surface area contributed by atoms with E-state index in [0.29, 0.717) is 32.1 Å². The van der Waals surface area contributed by atoms with Crippen molar-refractivity contribution in [1.82, 2.24) is 30.4 Å². The molecule has 1 aromatic heterocycles. The molecule has 0 radical (unpaired) electrons. The van der Waals surface area contributed by atoms with E-state index in [4.69, 9.17) is 9.47 Å². The smallest absolute Gasteiger partial charge is 0.255 e. The Morgan fingerprint density at radius 3 is 2.85 bits per heavy atom. The van der Waals surface area contributed by atoms with Gasteiger partial charge in [-0.1, -0.05) is 0 Å². The van der Waals surface area contributed by atoms with Crippen molar-refractivity contribution in [3.8, 4) is 11.4 Å². The second-order valence-electron chi connectivity index (χ2n) is 6.29. The Labute approximate surface area is 149 Å². The Morgan fingerprint density at radius 1 is 1.23 bits per heavy atom. The van der Waals surface area contributed by atoms with Crippen LogP contribution in [0.5, 0.6) is 5.75 Å². The summed E-state index contributed by atoms with van der Waals surface area (Å²) < 4.78 is 12.4. The van der Waals surface area contributed by atoms with Crippen LogP contribution < -0.4 is 5.32 Å². The van der Waals surface area contributed by atoms with Gasteiger partial charge >= 0.3 is 0 Å². The molecule has 0 aliphatic carbocycles. The third-order valence-corrected chi connectivity index (χ3v) is 4.72. The summed E-state index contributed by atoms with van der Waals surface area (Å²) in [6.45, 7) is 4.03. The molecule has 0 bridgehead atoms. The number of ether oxygens (including phenoxy) is 2. The van der Waals surface area contributed by atoms with E-state index in [2.05, 4.69) is 25.7 Å². The van der Waals surface area contributed by atoms with E-state index in [0.717, 1.165) is 13.1 Å². The number of benzene rings is 1. The Kier molecular flexibility index (Phi) is 4.78. The van der Waals surface area contributed by atoms with Gasteiger partial charge in [0.1, 0.15) is 12.1 Å². The second-order valence-corrected chi connectivity index (χ2v) is 6.29. The summed E-state index contributed by atoms with van der Waals surface area (Å²) in [4.78, 5) is 15.0. The number of amides is 1. The van der Waals surface area contributed by atoms with Crippen molar-refractivity contribution in [2.24, 2.45) is 0 Å². The fourth-order valence-corrected chi connectivity index (χ4v) is 3.32. The highest BCUT2D eigenvalue weighted by molar-refractivity contribution is 5.97. The van der Waals surface area contributed by atoms with E-state index in [1.54, 1.807) is 12.1 Å². The maximum atomic E-state index is 12.7. The van der Waals surface area contributed by atoms with Crippen LogP contribution in [0.25, 0.3) is 5.69 Å². The first-order valence-corrected chi connectivity index (χ1v) is 8.49. The molecule has 138 valence electrons. The lowest BCUT2D eigenvalue weighted by Gasteiger charge is -2.34. The summed E-state index contributed by atoms with van der Waals surface area (Å²) in [7, 11) is 0. The van der Waals surface area contributed by atoms with Crippen LogP contribution in [-0.4, -0.2) is 87.7 Å². The van der Waals surface area contributed by atoms with Crippen LogP contribution in [0, 0.1) is 0 Å². The van der Waals surface area contributed by atoms with E-state index in [9.17, 15) is 9.90 Å². The highest BCUT2D eigenvalue weighted by atomic mass is 16.5. The third-order valence-electron chi connectivity index (χ3n) is 4.72. The molecule has 1 aromatic carbocycles. The molecule has 4 rings (SSSR count). The molecule has 2 aromatic rings. The first-order chi connectivity index (χ1) is 12.7. The van der Waals surface area contributed by atoms with Crippen molar-refractivity contribution >= 4 is 5.91 Å². The normalized spacial score (nSPS) is 23.8. The zero-order valence-corrected chi connectivity index (χ0v) is 14.1. The Hall–Kier alpha value is -2.56. The third kappa shape index (κ3) is 3.39. The quantitative estimate of drug-likeness (QED) is 0.728. The van der Waals surface area contributed by atoms with E-state index in [1.807, 2.05) is 0 Å². The predicted octanol–water partition coefficient (Wildman–Crippen LogP) is -0.803. The molecule has 2 N–H and O–H groups in total. The molecule has 2 aliphatic heterocycles. The Bertz CT molecular complexity index is 762. The van der Waals surface area contributed by atoms with E-state index in [-0.39, 0.29) is 29.3 Å². The SMILES string of the molecule is O=C(N[C@H]1COC[C@@H]1N1CCOCC1)c1cc(-n2cnnn2)ccc1O. The number of morpholine rings is 1. The first kappa shape index (κ1) is 16.9. The Balaban J connectivity index is 1.49. The van der Waals surface area contributed by atoms with Gasteiger partial charge in [-0.25, -0.2) is 4.68 Å². The monoisotopic (exact) mass is 360 g/mol. The molecule has 0 spiro atoms. The van der Waals surface area contributed by atoms with Crippen LogP contribution in [0.1, 0.15) is 10.4 Å². The molecule has 10 nitrogen and oxygen atoms in total. The van der Waals surface area contributed by atoms with Crippen molar-refractivity contribution in [2.75, 3.05) is 39.5 Å². The van der Waals surface area contributed by atoms with Gasteiger partial charge < -0.3 is 19.9 Å². The summed E-state index contributed by atoms with van der Waals surface area (Å²) in [6.07, 6.45) is 1.42. The molecule has 0 saturated carbocycles. The summed E-state index contributed by atoms with van der Waals surface area (Å²) in [6, 6.07) is 4.61. The summed E-state index contributed by atoms with van der Waals surface area (Å²) in [5.41, 5.74) is 0.760. The molecule has 2 fully saturated rings. The summed E-state index contributed by atoms with van der Waals surface area (Å²) >= 11 is 0. The van der Waals surface area contributed by atoms with E-state index >= 15 is 0 Å². The maximum Gasteiger partial charge on any atom is 0.255 e. The summed E-state index contributed by atoms with van der Waals surface area (Å²) in [5.74, 6) is -0.452. The van der Waals surface area contributed by atoms with Crippen LogP contribution in [0.4, 0.5) is 0 Å².